The van der Waals surface area contributed by atoms with E-state index in [0.29, 0.717) is 5.69 Å². The van der Waals surface area contributed by atoms with Gasteiger partial charge in [-0.25, -0.2) is 4.79 Å². The van der Waals surface area contributed by atoms with Gasteiger partial charge in [-0.05, 0) is 55.5 Å². The summed E-state index contributed by atoms with van der Waals surface area (Å²) in [4.78, 5) is 38.9. The van der Waals surface area contributed by atoms with Gasteiger partial charge in [0.15, 0.2) is 0 Å². The minimum Gasteiger partial charge on any atom is -0.461 e. The number of fused-ring (bicyclic) bond motifs is 3. The zero-order valence-corrected chi connectivity index (χ0v) is 23.2. The van der Waals surface area contributed by atoms with Crippen molar-refractivity contribution in [3.63, 3.8) is 0 Å². The Bertz CT molecular complexity index is 1500. The second-order valence-electron chi connectivity index (χ2n) is 10.4. The number of ether oxygens (including phenoxy) is 1. The predicted molar refractivity (Wildman–Crippen MR) is 157 cm³/mol. The van der Waals surface area contributed by atoms with E-state index in [1.165, 1.54) is 12.0 Å². The van der Waals surface area contributed by atoms with Gasteiger partial charge in [-0.2, -0.15) is 0 Å². The third-order valence-corrected chi connectivity index (χ3v) is 7.33. The molecule has 4 aromatic rings. The molecule has 0 saturated carbocycles. The third kappa shape index (κ3) is 7.33. The summed E-state index contributed by atoms with van der Waals surface area (Å²) < 4.78 is 11.4. The predicted octanol–water partition coefficient (Wildman–Crippen LogP) is 5.68. The number of anilines is 1. The van der Waals surface area contributed by atoms with E-state index in [4.69, 9.17) is 9.15 Å². The molecular weight excluding hydrogens is 518 g/mol. The molecule has 1 aliphatic rings. The van der Waals surface area contributed by atoms with E-state index < -0.39 is 24.1 Å². The van der Waals surface area contributed by atoms with Gasteiger partial charge < -0.3 is 25.1 Å². The van der Waals surface area contributed by atoms with Crippen molar-refractivity contribution in [1.29, 1.82) is 0 Å². The average molecular weight is 554 g/mol. The summed E-state index contributed by atoms with van der Waals surface area (Å²) in [6.07, 6.45) is 4.86. The molecule has 3 N–H and O–H groups in total. The summed E-state index contributed by atoms with van der Waals surface area (Å²) in [6.45, 7) is 1.69. The Kier molecular flexibility index (Phi) is 8.98. The fourth-order valence-corrected chi connectivity index (χ4v) is 5.11. The van der Waals surface area contributed by atoms with E-state index in [9.17, 15) is 14.4 Å². The molecule has 41 heavy (non-hydrogen) atoms. The van der Waals surface area contributed by atoms with E-state index in [1.54, 1.807) is 13.0 Å². The Labute approximate surface area is 239 Å². The molecule has 0 aliphatic heterocycles. The molecule has 0 unspecified atom stereocenters. The fraction of sp³-hybridized carbons (Fsp3) is 0.303. The van der Waals surface area contributed by atoms with Crippen molar-refractivity contribution in [2.24, 2.45) is 0 Å². The Morgan fingerprint density at radius 2 is 1.54 bits per heavy atom. The van der Waals surface area contributed by atoms with E-state index in [0.717, 1.165) is 53.5 Å². The molecule has 3 aromatic carbocycles. The highest BCUT2D eigenvalue weighted by molar-refractivity contribution is 5.99. The average Bonchev–Trinajstić information content (AvgIpc) is 3.15. The van der Waals surface area contributed by atoms with Gasteiger partial charge in [0.1, 0.15) is 30.0 Å². The van der Waals surface area contributed by atoms with Crippen molar-refractivity contribution in [3.05, 3.63) is 101 Å². The van der Waals surface area contributed by atoms with Crippen LogP contribution in [-0.4, -0.2) is 30.0 Å². The van der Waals surface area contributed by atoms with Gasteiger partial charge in [0.25, 0.3) is 0 Å². The maximum absolute atomic E-state index is 13.3. The molecular formula is C33H35N3O5. The molecule has 212 valence electrons. The number of furan rings is 1. The van der Waals surface area contributed by atoms with Gasteiger partial charge in [0.05, 0.1) is 0 Å². The number of rotatable bonds is 9. The smallest absolute Gasteiger partial charge is 0.408 e. The summed E-state index contributed by atoms with van der Waals surface area (Å²) in [7, 11) is 0. The second kappa shape index (κ2) is 13.2. The molecule has 1 aliphatic carbocycles. The summed E-state index contributed by atoms with van der Waals surface area (Å²) >= 11 is 0. The van der Waals surface area contributed by atoms with Gasteiger partial charge in [0.2, 0.25) is 11.8 Å². The number of aryl methyl sites for hydroxylation is 2. The maximum Gasteiger partial charge on any atom is 0.408 e. The van der Waals surface area contributed by atoms with E-state index >= 15 is 0 Å². The van der Waals surface area contributed by atoms with Crippen LogP contribution in [0.5, 0.6) is 0 Å². The number of hydrogen-bond acceptors (Lipinski definition) is 5. The SMILES string of the molecule is C[C@H](NC(=O)[C@H](Cc1ccccc1)NC(=O)OCc1ccccc1)C(=O)Nc1ccc2oc3c(c2c1)CCCCC3. The van der Waals surface area contributed by atoms with Gasteiger partial charge in [-0.1, -0.05) is 67.1 Å². The third-order valence-electron chi connectivity index (χ3n) is 7.33. The Balaban J connectivity index is 1.22. The fourth-order valence-electron chi connectivity index (χ4n) is 5.11. The van der Waals surface area contributed by atoms with Crippen LogP contribution in [0.3, 0.4) is 0 Å². The summed E-state index contributed by atoms with van der Waals surface area (Å²) in [5.41, 5.74) is 4.39. The first-order valence-corrected chi connectivity index (χ1v) is 14.1. The number of hydrogen-bond donors (Lipinski definition) is 3. The lowest BCUT2D eigenvalue weighted by atomic mass is 10.0. The molecule has 3 amide bonds. The van der Waals surface area contributed by atoms with Gasteiger partial charge in [0, 0.05) is 29.5 Å². The Hall–Kier alpha value is -4.59. The monoisotopic (exact) mass is 553 g/mol. The Morgan fingerprint density at radius 3 is 2.29 bits per heavy atom. The van der Waals surface area contributed by atoms with Crippen LogP contribution in [0.4, 0.5) is 10.5 Å². The van der Waals surface area contributed by atoms with Crippen LogP contribution in [0, 0.1) is 0 Å². The standard InChI is InChI=1S/C33H35N3O5/c1-22(31(37)35-25-17-18-30-27(20-25)26-15-9-4-10-16-29(26)41-30)34-32(38)28(19-23-11-5-2-6-12-23)36-33(39)40-21-24-13-7-3-8-14-24/h2-3,5-8,11-14,17-18,20,22,28H,4,9-10,15-16,19,21H2,1H3,(H,34,38)(H,35,37)(H,36,39)/t22-,28-/m0/s1. The number of benzene rings is 3. The van der Waals surface area contributed by atoms with Gasteiger partial charge in [-0.3, -0.25) is 9.59 Å². The van der Waals surface area contributed by atoms with E-state index in [1.807, 2.05) is 72.8 Å². The number of carbonyl (C=O) groups excluding carboxylic acids is 3. The zero-order valence-electron chi connectivity index (χ0n) is 23.2. The first-order valence-electron chi connectivity index (χ1n) is 14.1. The van der Waals surface area contributed by atoms with Crippen molar-refractivity contribution in [2.45, 2.75) is 64.1 Å². The summed E-state index contributed by atoms with van der Waals surface area (Å²) in [5.74, 6) is 0.196. The lowest BCUT2D eigenvalue weighted by Crippen LogP contribution is -2.52. The van der Waals surface area contributed by atoms with Crippen LogP contribution in [0.1, 0.15) is 48.6 Å². The van der Waals surface area contributed by atoms with Gasteiger partial charge >= 0.3 is 6.09 Å². The first-order chi connectivity index (χ1) is 20.0. The molecule has 0 saturated heterocycles. The van der Waals surface area contributed by atoms with Crippen molar-refractivity contribution in [3.8, 4) is 0 Å². The molecule has 1 aromatic heterocycles. The first kappa shape index (κ1) is 28.0. The van der Waals surface area contributed by atoms with Crippen LogP contribution < -0.4 is 16.0 Å². The van der Waals surface area contributed by atoms with E-state index in [-0.39, 0.29) is 18.9 Å². The van der Waals surface area contributed by atoms with Crippen LogP contribution in [-0.2, 0) is 40.2 Å². The lowest BCUT2D eigenvalue weighted by molar-refractivity contribution is -0.127. The van der Waals surface area contributed by atoms with E-state index in [2.05, 4.69) is 16.0 Å². The zero-order chi connectivity index (χ0) is 28.6. The van der Waals surface area contributed by atoms with Crippen LogP contribution >= 0.6 is 0 Å². The molecule has 5 rings (SSSR count). The summed E-state index contributed by atoms with van der Waals surface area (Å²) in [5, 5.41) is 9.35. The molecule has 8 nitrogen and oxygen atoms in total. The highest BCUT2D eigenvalue weighted by atomic mass is 16.5. The number of nitrogens with one attached hydrogen (secondary N) is 3. The van der Waals surface area contributed by atoms with Crippen LogP contribution in [0.25, 0.3) is 11.0 Å². The summed E-state index contributed by atoms with van der Waals surface area (Å²) in [6, 6.07) is 22.5. The Morgan fingerprint density at radius 1 is 0.829 bits per heavy atom. The van der Waals surface area contributed by atoms with Crippen molar-refractivity contribution >= 4 is 34.6 Å². The highest BCUT2D eigenvalue weighted by Gasteiger charge is 2.26. The molecule has 1 heterocycles. The van der Waals surface area contributed by atoms with Crippen molar-refractivity contribution in [2.75, 3.05) is 5.32 Å². The lowest BCUT2D eigenvalue weighted by Gasteiger charge is -2.21. The molecule has 0 fully saturated rings. The minimum atomic E-state index is -0.936. The second-order valence-corrected chi connectivity index (χ2v) is 10.4. The number of alkyl carbamates (subject to hydrolysis) is 1. The molecule has 0 spiro atoms. The number of amides is 3. The topological polar surface area (TPSA) is 110 Å². The van der Waals surface area contributed by atoms with Crippen LogP contribution in [0.15, 0.2) is 83.3 Å². The molecule has 8 heteroatoms. The van der Waals surface area contributed by atoms with Crippen molar-refractivity contribution in [1.82, 2.24) is 10.6 Å². The normalized spacial score (nSPS) is 14.3. The quantitative estimate of drug-likeness (QED) is 0.231. The van der Waals surface area contributed by atoms with Crippen molar-refractivity contribution < 1.29 is 23.5 Å². The minimum absolute atomic E-state index is 0.0787. The highest BCUT2D eigenvalue weighted by Crippen LogP contribution is 2.32. The molecule has 2 atom stereocenters. The van der Waals surface area contributed by atoms with Gasteiger partial charge in [-0.15, -0.1) is 0 Å². The molecule has 0 bridgehead atoms. The maximum atomic E-state index is 13.3. The largest absolute Gasteiger partial charge is 0.461 e. The number of carbonyl (C=O) groups is 3. The molecule has 0 radical (unpaired) electrons. The van der Waals surface area contributed by atoms with Crippen LogP contribution in [0.2, 0.25) is 0 Å².